The maximum absolute atomic E-state index is 13.2. The number of aldehydes is 1. The fraction of sp³-hybridized carbons (Fsp3) is 0.200. The van der Waals surface area contributed by atoms with Gasteiger partial charge in [0, 0.05) is 38.4 Å². The molecule has 3 aromatic carbocycles. The number of aliphatic carboxylic acids is 1. The number of hydrogen-bond donors (Lipinski definition) is 1. The second-order valence-electron chi connectivity index (χ2n) is 7.33. The van der Waals surface area contributed by atoms with Gasteiger partial charge >= 0.3 is 0 Å². The molecular formula is C25H22Cl2N2O4. The number of carboxylic acid groups (broad SMARTS) is 1. The van der Waals surface area contributed by atoms with E-state index in [4.69, 9.17) is 33.1 Å². The number of nitriles is 1. The molecule has 3 aromatic rings. The molecule has 0 aliphatic carbocycles. The van der Waals surface area contributed by atoms with Crippen molar-refractivity contribution in [2.75, 3.05) is 13.6 Å². The van der Waals surface area contributed by atoms with Crippen molar-refractivity contribution in [2.45, 2.75) is 19.3 Å². The van der Waals surface area contributed by atoms with Crippen LogP contribution in [0.4, 0.5) is 0 Å². The average Bonchev–Trinajstić information content (AvgIpc) is 2.78. The van der Waals surface area contributed by atoms with E-state index in [2.05, 4.69) is 6.07 Å². The summed E-state index contributed by atoms with van der Waals surface area (Å²) in [6, 6.07) is 18.2. The summed E-state index contributed by atoms with van der Waals surface area (Å²) < 4.78 is 0. The van der Waals surface area contributed by atoms with Gasteiger partial charge in [-0.1, -0.05) is 53.5 Å². The molecule has 0 aliphatic rings. The Hall–Kier alpha value is -3.40. The molecule has 0 spiro atoms. The van der Waals surface area contributed by atoms with Crippen LogP contribution >= 0.6 is 23.2 Å². The van der Waals surface area contributed by atoms with Gasteiger partial charge in [0.1, 0.15) is 6.29 Å². The number of hydrogen-bond acceptors (Lipinski definition) is 4. The molecule has 1 atom stereocenters. The van der Waals surface area contributed by atoms with Crippen LogP contribution in [0.5, 0.6) is 0 Å². The molecule has 8 heteroatoms. The summed E-state index contributed by atoms with van der Waals surface area (Å²) in [6.07, 6.45) is 1.08. The Balaban J connectivity index is 0.000000890. The third-order valence-electron chi connectivity index (χ3n) is 4.86. The highest BCUT2D eigenvalue weighted by molar-refractivity contribution is 6.42. The number of halogens is 2. The van der Waals surface area contributed by atoms with Crippen molar-refractivity contribution in [1.29, 1.82) is 5.26 Å². The van der Waals surface area contributed by atoms with Gasteiger partial charge in [0.15, 0.2) is 0 Å². The molecule has 0 bridgehead atoms. The zero-order valence-corrected chi connectivity index (χ0v) is 19.6. The third kappa shape index (κ3) is 7.04. The molecule has 1 amide bonds. The van der Waals surface area contributed by atoms with Crippen LogP contribution in [-0.2, 0) is 9.59 Å². The first-order valence-corrected chi connectivity index (χ1v) is 10.7. The number of benzene rings is 3. The van der Waals surface area contributed by atoms with E-state index in [0.717, 1.165) is 29.5 Å². The first-order chi connectivity index (χ1) is 15.7. The maximum atomic E-state index is 13.2. The molecule has 1 N–H and O–H groups in total. The lowest BCUT2D eigenvalue weighted by molar-refractivity contribution is -0.134. The second-order valence-corrected chi connectivity index (χ2v) is 8.15. The van der Waals surface area contributed by atoms with E-state index in [1.165, 1.54) is 0 Å². The van der Waals surface area contributed by atoms with Crippen LogP contribution in [0.25, 0.3) is 10.8 Å². The fourth-order valence-electron chi connectivity index (χ4n) is 3.37. The van der Waals surface area contributed by atoms with Gasteiger partial charge in [0.05, 0.1) is 21.7 Å². The van der Waals surface area contributed by atoms with Crippen LogP contribution in [0, 0.1) is 11.3 Å². The number of rotatable bonds is 6. The predicted octanol–water partition coefficient (Wildman–Crippen LogP) is 5.55. The normalized spacial score (nSPS) is 11.0. The maximum Gasteiger partial charge on any atom is 0.300 e. The third-order valence-corrected chi connectivity index (χ3v) is 5.60. The Labute approximate surface area is 201 Å². The second kappa shape index (κ2) is 12.0. The molecule has 0 unspecified atom stereocenters. The summed E-state index contributed by atoms with van der Waals surface area (Å²) in [4.78, 5) is 35.0. The Bertz CT molecular complexity index is 1220. The van der Waals surface area contributed by atoms with E-state index >= 15 is 0 Å². The molecule has 6 nitrogen and oxygen atoms in total. The smallest absolute Gasteiger partial charge is 0.300 e. The highest BCUT2D eigenvalue weighted by Crippen LogP contribution is 2.29. The summed E-state index contributed by atoms with van der Waals surface area (Å²) in [7, 11) is 1.69. The van der Waals surface area contributed by atoms with Gasteiger partial charge in [0.2, 0.25) is 0 Å². The van der Waals surface area contributed by atoms with Crippen molar-refractivity contribution in [3.8, 4) is 6.07 Å². The Morgan fingerprint density at radius 2 is 1.79 bits per heavy atom. The number of fused-ring (bicyclic) bond motifs is 1. The molecule has 33 heavy (non-hydrogen) atoms. The Morgan fingerprint density at radius 1 is 1.12 bits per heavy atom. The highest BCUT2D eigenvalue weighted by atomic mass is 35.5. The van der Waals surface area contributed by atoms with E-state index in [1.807, 2.05) is 30.3 Å². The summed E-state index contributed by atoms with van der Waals surface area (Å²) in [5.74, 6) is -1.27. The molecule has 0 aliphatic heterocycles. The molecule has 0 aromatic heterocycles. The lowest BCUT2D eigenvalue weighted by Gasteiger charge is -2.24. The van der Waals surface area contributed by atoms with Crippen molar-refractivity contribution in [3.63, 3.8) is 0 Å². The topological polar surface area (TPSA) is 98.5 Å². The largest absolute Gasteiger partial charge is 0.481 e. The summed E-state index contributed by atoms with van der Waals surface area (Å²) in [5, 5.41) is 19.2. The van der Waals surface area contributed by atoms with Crippen molar-refractivity contribution in [1.82, 2.24) is 4.90 Å². The highest BCUT2D eigenvalue weighted by Gasteiger charge is 2.21. The zero-order valence-electron chi connectivity index (χ0n) is 18.1. The van der Waals surface area contributed by atoms with Crippen molar-refractivity contribution in [3.05, 3.63) is 81.3 Å². The van der Waals surface area contributed by atoms with Crippen molar-refractivity contribution in [2.24, 2.45) is 0 Å². The standard InChI is InChI=1S/C23H18Cl2N2O2.C2H4O2/c1-27(14-18(8-9-28)16-6-7-21(24)22(25)12-16)23(29)20-11-15(13-26)10-17-4-2-3-5-19(17)20;1-2(3)4/h2-7,9-12,18H,8,14H2,1H3;1H3,(H,3,4)/t18-;/m1./s1. The molecule has 0 radical (unpaired) electrons. The minimum Gasteiger partial charge on any atom is -0.481 e. The Morgan fingerprint density at radius 3 is 2.39 bits per heavy atom. The quantitative estimate of drug-likeness (QED) is 0.462. The van der Waals surface area contributed by atoms with Crippen molar-refractivity contribution < 1.29 is 19.5 Å². The SMILES string of the molecule is CC(=O)O.CN(C[C@@H](CC=O)c1ccc(Cl)c(Cl)c1)C(=O)c1cc(C#N)cc2ccccc12. The molecule has 0 saturated carbocycles. The lowest BCUT2D eigenvalue weighted by atomic mass is 9.95. The van der Waals surface area contributed by atoms with Crippen LogP contribution < -0.4 is 0 Å². The number of likely N-dealkylation sites (N-methyl/N-ethyl adjacent to an activating group) is 1. The fourth-order valence-corrected chi connectivity index (χ4v) is 3.68. The molecule has 0 saturated heterocycles. The van der Waals surface area contributed by atoms with Gasteiger partial charge in [-0.25, -0.2) is 0 Å². The van der Waals surface area contributed by atoms with Gasteiger partial charge in [-0.2, -0.15) is 5.26 Å². The van der Waals surface area contributed by atoms with E-state index < -0.39 is 5.97 Å². The van der Waals surface area contributed by atoms with E-state index in [1.54, 1.807) is 36.2 Å². The first-order valence-electron chi connectivity index (χ1n) is 9.94. The van der Waals surface area contributed by atoms with Gasteiger partial charge in [-0.15, -0.1) is 0 Å². The number of amides is 1. The van der Waals surface area contributed by atoms with E-state index in [9.17, 15) is 14.9 Å². The number of nitrogens with zero attached hydrogens (tertiary/aromatic N) is 2. The van der Waals surface area contributed by atoms with Crippen LogP contribution in [0.3, 0.4) is 0 Å². The van der Waals surface area contributed by atoms with Gasteiger partial charge in [-0.3, -0.25) is 9.59 Å². The van der Waals surface area contributed by atoms with E-state index in [-0.39, 0.29) is 18.2 Å². The van der Waals surface area contributed by atoms with Crippen molar-refractivity contribution >= 4 is 52.1 Å². The molecular weight excluding hydrogens is 463 g/mol. The van der Waals surface area contributed by atoms with Crippen LogP contribution in [-0.4, -0.2) is 41.8 Å². The van der Waals surface area contributed by atoms with Crippen LogP contribution in [0.1, 0.15) is 40.7 Å². The Kier molecular flexibility index (Phi) is 9.41. The summed E-state index contributed by atoms with van der Waals surface area (Å²) in [5.41, 5.74) is 1.72. The van der Waals surface area contributed by atoms with Gasteiger partial charge in [0.25, 0.3) is 11.9 Å². The minimum atomic E-state index is -0.833. The average molecular weight is 485 g/mol. The molecule has 3 rings (SSSR count). The van der Waals surface area contributed by atoms with Crippen LogP contribution in [0.15, 0.2) is 54.6 Å². The molecule has 0 fully saturated rings. The zero-order chi connectivity index (χ0) is 24.5. The van der Waals surface area contributed by atoms with E-state index in [0.29, 0.717) is 27.7 Å². The predicted molar refractivity (Wildman–Crippen MR) is 129 cm³/mol. The summed E-state index contributed by atoms with van der Waals surface area (Å²) >= 11 is 12.1. The molecule has 170 valence electrons. The number of carbonyl (C=O) groups excluding carboxylic acids is 2. The molecule has 0 heterocycles. The number of carboxylic acids is 1. The monoisotopic (exact) mass is 484 g/mol. The number of carbonyl (C=O) groups is 3. The first kappa shape index (κ1) is 25.9. The van der Waals surface area contributed by atoms with Gasteiger partial charge in [-0.05, 0) is 40.6 Å². The minimum absolute atomic E-state index is 0.214. The van der Waals surface area contributed by atoms with Crippen LogP contribution in [0.2, 0.25) is 10.0 Å². The summed E-state index contributed by atoms with van der Waals surface area (Å²) in [6.45, 7) is 1.40. The lowest BCUT2D eigenvalue weighted by Crippen LogP contribution is -2.31. The van der Waals surface area contributed by atoms with Gasteiger partial charge < -0.3 is 14.8 Å².